The van der Waals surface area contributed by atoms with Crippen molar-refractivity contribution in [1.29, 1.82) is 0 Å². The van der Waals surface area contributed by atoms with Gasteiger partial charge in [-0.15, -0.1) is 0 Å². The molecule has 2 heteroatoms. The molecule has 0 saturated heterocycles. The lowest BCUT2D eigenvalue weighted by Crippen LogP contribution is -2.18. The number of fused-ring (bicyclic) bond motifs is 1. The van der Waals surface area contributed by atoms with Crippen LogP contribution in [0.2, 0.25) is 0 Å². The zero-order chi connectivity index (χ0) is 10.7. The molecule has 2 rings (SSSR count). The van der Waals surface area contributed by atoms with Gasteiger partial charge in [-0.3, -0.25) is 0 Å². The van der Waals surface area contributed by atoms with Crippen molar-refractivity contribution in [3.63, 3.8) is 0 Å². The van der Waals surface area contributed by atoms with Crippen molar-refractivity contribution in [2.24, 2.45) is 0 Å². The number of ether oxygens (including phenoxy) is 1. The van der Waals surface area contributed by atoms with Crippen LogP contribution in [0.15, 0.2) is 18.2 Å². The highest BCUT2D eigenvalue weighted by Crippen LogP contribution is 2.24. The van der Waals surface area contributed by atoms with E-state index in [0.29, 0.717) is 0 Å². The maximum Gasteiger partial charge on any atom is 0.0715 e. The second kappa shape index (κ2) is 4.67. The van der Waals surface area contributed by atoms with Crippen LogP contribution in [0.25, 0.3) is 0 Å². The summed E-state index contributed by atoms with van der Waals surface area (Å²) in [7, 11) is 1.75. The molecule has 1 aromatic carbocycles. The Hall–Kier alpha value is -1.02. The molecule has 82 valence electrons. The molecule has 1 atom stereocenters. The van der Waals surface area contributed by atoms with E-state index in [-0.39, 0.29) is 6.10 Å². The van der Waals surface area contributed by atoms with Crippen LogP contribution >= 0.6 is 0 Å². The molecule has 0 aromatic heterocycles. The van der Waals surface area contributed by atoms with E-state index in [1.807, 2.05) is 0 Å². The smallest absolute Gasteiger partial charge is 0.0715 e. The number of benzene rings is 1. The number of aryl methyl sites for hydroxylation is 2. The van der Waals surface area contributed by atoms with E-state index in [1.54, 1.807) is 7.11 Å². The van der Waals surface area contributed by atoms with E-state index in [1.165, 1.54) is 36.1 Å². The summed E-state index contributed by atoms with van der Waals surface area (Å²) in [5.74, 6) is 0. The fourth-order valence-electron chi connectivity index (χ4n) is 2.03. The van der Waals surface area contributed by atoms with E-state index >= 15 is 0 Å². The van der Waals surface area contributed by atoms with E-state index < -0.39 is 0 Å². The molecule has 1 N–H and O–H groups in total. The van der Waals surface area contributed by atoms with Gasteiger partial charge in [0, 0.05) is 19.3 Å². The second-order valence-corrected chi connectivity index (χ2v) is 4.26. The molecule has 1 unspecified atom stereocenters. The first kappa shape index (κ1) is 10.5. The minimum absolute atomic E-state index is 0.262. The number of hydrogen-bond donors (Lipinski definition) is 1. The predicted octanol–water partition coefficient (Wildman–Crippen LogP) is 2.62. The van der Waals surface area contributed by atoms with Gasteiger partial charge in [0.15, 0.2) is 0 Å². The lowest BCUT2D eigenvalue weighted by atomic mass is 10.1. The summed E-state index contributed by atoms with van der Waals surface area (Å²) >= 11 is 0. The van der Waals surface area contributed by atoms with Crippen molar-refractivity contribution < 1.29 is 4.74 Å². The van der Waals surface area contributed by atoms with Crippen LogP contribution in [0, 0.1) is 0 Å². The first-order valence-corrected chi connectivity index (χ1v) is 5.68. The molecule has 0 fully saturated rings. The Labute approximate surface area is 91.6 Å². The van der Waals surface area contributed by atoms with Crippen LogP contribution in [-0.2, 0) is 17.6 Å². The lowest BCUT2D eigenvalue weighted by Gasteiger charge is -2.12. The zero-order valence-corrected chi connectivity index (χ0v) is 9.55. The summed E-state index contributed by atoms with van der Waals surface area (Å²) in [6.45, 7) is 2.94. The molecule has 1 aliphatic carbocycles. The quantitative estimate of drug-likeness (QED) is 0.816. The largest absolute Gasteiger partial charge is 0.382 e. The monoisotopic (exact) mass is 205 g/mol. The van der Waals surface area contributed by atoms with Crippen molar-refractivity contribution in [3.05, 3.63) is 29.3 Å². The predicted molar refractivity (Wildman–Crippen MR) is 63.4 cm³/mol. The number of nitrogens with one attached hydrogen (secondary N) is 1. The Morgan fingerprint density at radius 1 is 1.33 bits per heavy atom. The Morgan fingerprint density at radius 2 is 2.13 bits per heavy atom. The Balaban J connectivity index is 1.98. The van der Waals surface area contributed by atoms with Gasteiger partial charge in [0.2, 0.25) is 0 Å². The zero-order valence-electron chi connectivity index (χ0n) is 9.55. The summed E-state index contributed by atoms with van der Waals surface area (Å²) in [5.41, 5.74) is 4.27. The highest BCUT2D eigenvalue weighted by atomic mass is 16.5. The molecular formula is C13H19NO. The molecule has 0 bridgehead atoms. The van der Waals surface area contributed by atoms with Crippen LogP contribution in [0.1, 0.15) is 24.5 Å². The van der Waals surface area contributed by atoms with Gasteiger partial charge in [-0.25, -0.2) is 0 Å². The van der Waals surface area contributed by atoms with Crippen LogP contribution in [0.4, 0.5) is 5.69 Å². The molecule has 0 amide bonds. The standard InChI is InChI=1S/C13H19NO/c1-10(15-2)9-14-13-7-6-11-4-3-5-12(11)8-13/h6-8,10,14H,3-5,9H2,1-2H3. The third-order valence-electron chi connectivity index (χ3n) is 3.09. The van der Waals surface area contributed by atoms with Crippen LogP contribution < -0.4 is 5.32 Å². The van der Waals surface area contributed by atoms with Gasteiger partial charge in [0.25, 0.3) is 0 Å². The minimum Gasteiger partial charge on any atom is -0.382 e. The summed E-state index contributed by atoms with van der Waals surface area (Å²) in [4.78, 5) is 0. The molecule has 0 radical (unpaired) electrons. The maximum absolute atomic E-state index is 5.20. The number of anilines is 1. The topological polar surface area (TPSA) is 21.3 Å². The van der Waals surface area contributed by atoms with Gasteiger partial charge in [-0.2, -0.15) is 0 Å². The van der Waals surface area contributed by atoms with Crippen LogP contribution in [-0.4, -0.2) is 19.8 Å². The van der Waals surface area contributed by atoms with Gasteiger partial charge in [-0.1, -0.05) is 6.07 Å². The summed E-state index contributed by atoms with van der Waals surface area (Å²) in [5, 5.41) is 3.40. The molecular weight excluding hydrogens is 186 g/mol. The second-order valence-electron chi connectivity index (χ2n) is 4.26. The minimum atomic E-state index is 0.262. The van der Waals surface area contributed by atoms with Crippen molar-refractivity contribution in [2.45, 2.75) is 32.3 Å². The van der Waals surface area contributed by atoms with E-state index in [4.69, 9.17) is 4.74 Å². The number of rotatable bonds is 4. The molecule has 0 aliphatic heterocycles. The molecule has 2 nitrogen and oxygen atoms in total. The van der Waals surface area contributed by atoms with Gasteiger partial charge in [0.05, 0.1) is 6.10 Å². The van der Waals surface area contributed by atoms with Crippen LogP contribution in [0.5, 0.6) is 0 Å². The van der Waals surface area contributed by atoms with E-state index in [9.17, 15) is 0 Å². The highest BCUT2D eigenvalue weighted by Gasteiger charge is 2.10. The van der Waals surface area contributed by atoms with Gasteiger partial charge < -0.3 is 10.1 Å². The Morgan fingerprint density at radius 3 is 2.93 bits per heavy atom. The fraction of sp³-hybridized carbons (Fsp3) is 0.538. The Kier molecular flexibility index (Phi) is 3.27. The van der Waals surface area contributed by atoms with Gasteiger partial charge in [0.1, 0.15) is 0 Å². The normalized spacial score (nSPS) is 16.1. The SMILES string of the molecule is COC(C)CNc1ccc2c(c1)CCC2. The summed E-state index contributed by atoms with van der Waals surface area (Å²) in [6, 6.07) is 6.71. The van der Waals surface area contributed by atoms with Crippen molar-refractivity contribution >= 4 is 5.69 Å². The first-order valence-electron chi connectivity index (χ1n) is 5.68. The summed E-state index contributed by atoms with van der Waals surface area (Å²) < 4.78 is 5.20. The Bertz CT molecular complexity index is 335. The number of methoxy groups -OCH3 is 1. The van der Waals surface area contributed by atoms with Crippen molar-refractivity contribution in [1.82, 2.24) is 0 Å². The molecule has 1 aromatic rings. The third kappa shape index (κ3) is 2.51. The van der Waals surface area contributed by atoms with Gasteiger partial charge in [-0.05, 0) is 49.4 Å². The first-order chi connectivity index (χ1) is 7.29. The molecule has 0 heterocycles. The maximum atomic E-state index is 5.20. The average molecular weight is 205 g/mol. The van der Waals surface area contributed by atoms with E-state index in [0.717, 1.165) is 6.54 Å². The van der Waals surface area contributed by atoms with Crippen molar-refractivity contribution in [3.8, 4) is 0 Å². The fourth-order valence-corrected chi connectivity index (χ4v) is 2.03. The molecule has 0 spiro atoms. The molecule has 0 saturated carbocycles. The molecule has 1 aliphatic rings. The lowest BCUT2D eigenvalue weighted by molar-refractivity contribution is 0.129. The van der Waals surface area contributed by atoms with Crippen LogP contribution in [0.3, 0.4) is 0 Å². The highest BCUT2D eigenvalue weighted by molar-refractivity contribution is 5.50. The number of hydrogen-bond acceptors (Lipinski definition) is 2. The summed E-state index contributed by atoms with van der Waals surface area (Å²) in [6.07, 6.45) is 4.07. The third-order valence-corrected chi connectivity index (χ3v) is 3.09. The van der Waals surface area contributed by atoms with Crippen molar-refractivity contribution in [2.75, 3.05) is 19.0 Å². The van der Waals surface area contributed by atoms with Gasteiger partial charge >= 0.3 is 0 Å². The average Bonchev–Trinajstić information content (AvgIpc) is 2.72. The van der Waals surface area contributed by atoms with E-state index in [2.05, 4.69) is 30.4 Å². The molecule has 15 heavy (non-hydrogen) atoms.